The second-order valence-corrected chi connectivity index (χ2v) is 7.72. The van der Waals surface area contributed by atoms with Crippen LogP contribution in [0.3, 0.4) is 0 Å². The number of amides is 1. The fraction of sp³-hybridized carbons (Fsp3) is 0.190. The molecular formula is C21H23N5OS. The number of hydrogen-bond acceptors (Lipinski definition) is 6. The maximum Gasteiger partial charge on any atom is 0.264 e. The molecule has 3 rings (SSSR count). The molecule has 0 spiro atoms. The highest BCUT2D eigenvalue weighted by atomic mass is 32.2. The summed E-state index contributed by atoms with van der Waals surface area (Å²) < 4.78 is 0. The van der Waals surface area contributed by atoms with Crippen LogP contribution in [0.15, 0.2) is 63.6 Å². The third-order valence-corrected chi connectivity index (χ3v) is 5.02. The van der Waals surface area contributed by atoms with Crippen LogP contribution in [0.4, 0.5) is 11.4 Å². The van der Waals surface area contributed by atoms with Gasteiger partial charge in [0.15, 0.2) is 5.17 Å². The number of rotatable bonds is 5. The zero-order valence-corrected chi connectivity index (χ0v) is 17.2. The monoisotopic (exact) mass is 393 g/mol. The van der Waals surface area contributed by atoms with Crippen molar-refractivity contribution in [3.8, 4) is 0 Å². The molecule has 2 aromatic rings. The molecule has 1 N–H and O–H groups in total. The molecule has 0 aromatic heterocycles. The summed E-state index contributed by atoms with van der Waals surface area (Å²) in [6, 6.07) is 16.0. The average molecular weight is 394 g/mol. The quantitative estimate of drug-likeness (QED) is 0.480. The van der Waals surface area contributed by atoms with Gasteiger partial charge < -0.3 is 9.80 Å². The van der Waals surface area contributed by atoms with E-state index in [-0.39, 0.29) is 5.91 Å². The van der Waals surface area contributed by atoms with Crippen molar-refractivity contribution in [1.29, 1.82) is 0 Å². The van der Waals surface area contributed by atoms with Crippen LogP contribution in [0.25, 0.3) is 6.08 Å². The third kappa shape index (κ3) is 5.01. The third-order valence-electron chi connectivity index (χ3n) is 4.12. The van der Waals surface area contributed by atoms with Crippen LogP contribution in [0, 0.1) is 0 Å². The molecule has 1 aliphatic rings. The van der Waals surface area contributed by atoms with Crippen molar-refractivity contribution in [2.24, 2.45) is 10.2 Å². The molecule has 0 saturated carbocycles. The van der Waals surface area contributed by atoms with Gasteiger partial charge in [-0.2, -0.15) is 5.10 Å². The first-order valence-corrected chi connectivity index (χ1v) is 9.61. The van der Waals surface area contributed by atoms with Gasteiger partial charge in [0.2, 0.25) is 0 Å². The van der Waals surface area contributed by atoms with Gasteiger partial charge in [-0.3, -0.25) is 10.1 Å². The number of nitrogens with zero attached hydrogens (tertiary/aromatic N) is 4. The maximum atomic E-state index is 12.2. The Morgan fingerprint density at radius 2 is 1.39 bits per heavy atom. The number of carbonyl (C=O) groups is 1. The van der Waals surface area contributed by atoms with Crippen molar-refractivity contribution in [1.82, 2.24) is 5.32 Å². The largest absolute Gasteiger partial charge is 0.378 e. The lowest BCUT2D eigenvalue weighted by atomic mass is 10.2. The molecular weight excluding hydrogens is 370 g/mol. The molecule has 2 aromatic carbocycles. The number of hydrogen-bond donors (Lipinski definition) is 1. The van der Waals surface area contributed by atoms with E-state index in [1.165, 1.54) is 11.8 Å². The molecule has 0 radical (unpaired) electrons. The van der Waals surface area contributed by atoms with E-state index < -0.39 is 0 Å². The molecule has 1 amide bonds. The van der Waals surface area contributed by atoms with E-state index in [4.69, 9.17) is 0 Å². The zero-order chi connectivity index (χ0) is 20.1. The van der Waals surface area contributed by atoms with E-state index in [1.54, 1.807) is 6.21 Å². The van der Waals surface area contributed by atoms with E-state index in [0.717, 1.165) is 22.5 Å². The Morgan fingerprint density at radius 1 is 0.857 bits per heavy atom. The summed E-state index contributed by atoms with van der Waals surface area (Å²) >= 11 is 1.29. The number of thioether (sulfide) groups is 1. The lowest BCUT2D eigenvalue weighted by Crippen LogP contribution is -2.19. The van der Waals surface area contributed by atoms with E-state index in [0.29, 0.717) is 10.1 Å². The van der Waals surface area contributed by atoms with Crippen molar-refractivity contribution < 1.29 is 4.79 Å². The molecule has 1 heterocycles. The molecule has 28 heavy (non-hydrogen) atoms. The van der Waals surface area contributed by atoms with E-state index in [2.05, 4.69) is 15.5 Å². The number of nitrogens with one attached hydrogen (secondary N) is 1. The SMILES string of the molecule is CN(C)c1ccc(/C=N\N=C2/NC(=O)/C(=C/c3ccc(N(C)C)cc3)S2)cc1. The number of benzene rings is 2. The van der Waals surface area contributed by atoms with Crippen molar-refractivity contribution in [3.05, 3.63) is 64.6 Å². The van der Waals surface area contributed by atoms with Gasteiger partial charge in [0.25, 0.3) is 5.91 Å². The van der Waals surface area contributed by atoms with Gasteiger partial charge >= 0.3 is 0 Å². The van der Waals surface area contributed by atoms with Crippen molar-refractivity contribution in [3.63, 3.8) is 0 Å². The van der Waals surface area contributed by atoms with Crippen LogP contribution in [-0.4, -0.2) is 45.5 Å². The lowest BCUT2D eigenvalue weighted by molar-refractivity contribution is -0.115. The molecule has 1 saturated heterocycles. The van der Waals surface area contributed by atoms with Crippen molar-refractivity contribution in [2.45, 2.75) is 0 Å². The topological polar surface area (TPSA) is 60.3 Å². The van der Waals surface area contributed by atoms with E-state index >= 15 is 0 Å². The molecule has 0 atom stereocenters. The smallest absolute Gasteiger partial charge is 0.264 e. The normalized spacial score (nSPS) is 16.8. The summed E-state index contributed by atoms with van der Waals surface area (Å²) in [6.07, 6.45) is 3.52. The summed E-state index contributed by atoms with van der Waals surface area (Å²) in [6.45, 7) is 0. The number of amidine groups is 1. The predicted octanol–water partition coefficient (Wildman–Crippen LogP) is 3.41. The number of carbonyl (C=O) groups excluding carboxylic acids is 1. The Morgan fingerprint density at radius 3 is 1.93 bits per heavy atom. The second kappa shape index (κ2) is 8.75. The van der Waals surface area contributed by atoms with Gasteiger partial charge in [0, 0.05) is 39.6 Å². The average Bonchev–Trinajstić information content (AvgIpc) is 3.02. The standard InChI is InChI=1S/C21H23N5OS/c1-25(2)17-9-5-15(6-10-17)13-19-20(27)23-21(28-19)24-22-14-16-7-11-18(12-8-16)26(3)4/h5-14H,1-4H3,(H,23,24,27)/b19-13-,22-14-. The second-order valence-electron chi connectivity index (χ2n) is 6.69. The van der Waals surface area contributed by atoms with Crippen LogP contribution in [0.2, 0.25) is 0 Å². The maximum absolute atomic E-state index is 12.2. The molecule has 1 fully saturated rings. The highest BCUT2D eigenvalue weighted by Gasteiger charge is 2.23. The minimum absolute atomic E-state index is 0.161. The summed E-state index contributed by atoms with van der Waals surface area (Å²) in [5.74, 6) is -0.161. The Balaban J connectivity index is 1.66. The van der Waals surface area contributed by atoms with Crippen LogP contribution >= 0.6 is 11.8 Å². The highest BCUT2D eigenvalue weighted by molar-refractivity contribution is 8.18. The van der Waals surface area contributed by atoms with Gasteiger partial charge in [0.1, 0.15) is 0 Å². The first-order chi connectivity index (χ1) is 13.4. The van der Waals surface area contributed by atoms with Gasteiger partial charge in [-0.1, -0.05) is 24.3 Å². The predicted molar refractivity (Wildman–Crippen MR) is 120 cm³/mol. The van der Waals surface area contributed by atoms with E-state index in [1.807, 2.05) is 92.6 Å². The van der Waals surface area contributed by atoms with E-state index in [9.17, 15) is 4.79 Å². The van der Waals surface area contributed by atoms with Crippen LogP contribution in [-0.2, 0) is 4.79 Å². The number of anilines is 2. The Labute approximate surface area is 169 Å². The zero-order valence-electron chi connectivity index (χ0n) is 16.4. The fourth-order valence-electron chi connectivity index (χ4n) is 2.50. The first kappa shape index (κ1) is 19.7. The molecule has 6 nitrogen and oxygen atoms in total. The summed E-state index contributed by atoms with van der Waals surface area (Å²) in [7, 11) is 7.98. The van der Waals surface area contributed by atoms with Gasteiger partial charge in [0.05, 0.1) is 11.1 Å². The van der Waals surface area contributed by atoms with Gasteiger partial charge in [-0.05, 0) is 53.2 Å². The summed E-state index contributed by atoms with van der Waals surface area (Å²) in [4.78, 5) is 16.8. The minimum Gasteiger partial charge on any atom is -0.378 e. The highest BCUT2D eigenvalue weighted by Crippen LogP contribution is 2.26. The Hall–Kier alpha value is -3.06. The molecule has 0 bridgehead atoms. The van der Waals surface area contributed by atoms with Crippen LogP contribution < -0.4 is 15.1 Å². The molecule has 144 valence electrons. The summed E-state index contributed by atoms with van der Waals surface area (Å²) in [5.41, 5.74) is 4.14. The minimum atomic E-state index is -0.161. The summed E-state index contributed by atoms with van der Waals surface area (Å²) in [5, 5.41) is 11.4. The Bertz CT molecular complexity index is 928. The van der Waals surface area contributed by atoms with Crippen LogP contribution in [0.1, 0.15) is 11.1 Å². The lowest BCUT2D eigenvalue weighted by Gasteiger charge is -2.11. The molecule has 0 aliphatic carbocycles. The van der Waals surface area contributed by atoms with Gasteiger partial charge in [-0.15, -0.1) is 5.10 Å². The molecule has 0 unspecified atom stereocenters. The molecule has 1 aliphatic heterocycles. The first-order valence-electron chi connectivity index (χ1n) is 8.79. The fourth-order valence-corrected chi connectivity index (χ4v) is 3.28. The van der Waals surface area contributed by atoms with Crippen LogP contribution in [0.5, 0.6) is 0 Å². The van der Waals surface area contributed by atoms with Crippen molar-refractivity contribution >= 4 is 46.5 Å². The van der Waals surface area contributed by atoms with Gasteiger partial charge in [-0.25, -0.2) is 0 Å². The molecule has 7 heteroatoms. The van der Waals surface area contributed by atoms with Crippen molar-refractivity contribution in [2.75, 3.05) is 38.0 Å². The Kier molecular flexibility index (Phi) is 6.16.